The van der Waals surface area contributed by atoms with Crippen molar-refractivity contribution in [3.05, 3.63) is 6.07 Å². The first kappa shape index (κ1) is 13.5. The number of rotatable bonds is 6. The normalized spacial score (nSPS) is 14.3. The molecule has 96 valence electrons. The lowest BCUT2D eigenvalue weighted by Gasteiger charge is -2.23. The topological polar surface area (TPSA) is 119 Å². The molecular formula is C10H19N5O2. The quantitative estimate of drug-likeness (QED) is 0.546. The van der Waals surface area contributed by atoms with Crippen molar-refractivity contribution in [2.24, 2.45) is 0 Å². The lowest BCUT2D eigenvalue weighted by Crippen LogP contribution is -2.35. The van der Waals surface area contributed by atoms with Gasteiger partial charge in [-0.25, -0.2) is 0 Å². The Morgan fingerprint density at radius 1 is 1.47 bits per heavy atom. The molecule has 1 aromatic rings. The number of ether oxygens (including phenoxy) is 1. The molecule has 0 amide bonds. The van der Waals surface area contributed by atoms with Crippen molar-refractivity contribution in [1.29, 1.82) is 0 Å². The van der Waals surface area contributed by atoms with Crippen LogP contribution in [0, 0.1) is 0 Å². The van der Waals surface area contributed by atoms with Gasteiger partial charge in [-0.15, -0.1) is 0 Å². The molecule has 1 rings (SSSR count). The van der Waals surface area contributed by atoms with Crippen molar-refractivity contribution in [2.45, 2.75) is 18.9 Å². The maximum Gasteiger partial charge on any atom is 0.223 e. The third-order valence-corrected chi connectivity index (χ3v) is 2.26. The Kier molecular flexibility index (Phi) is 4.47. The molecule has 0 saturated heterocycles. The van der Waals surface area contributed by atoms with Crippen LogP contribution in [0.15, 0.2) is 6.07 Å². The Morgan fingerprint density at radius 2 is 2.18 bits per heavy atom. The molecule has 0 fully saturated rings. The standard InChI is InChI=1S/C10H19N5O2/c1-10(16,3-4-17-2)6-13-8-5-7(11)14-9(12)15-8/h5,16H,3-4,6H2,1-2H3,(H5,11,12,13,14,15). The number of hydrogen-bond donors (Lipinski definition) is 4. The van der Waals surface area contributed by atoms with Gasteiger partial charge in [-0.1, -0.05) is 0 Å². The van der Waals surface area contributed by atoms with E-state index >= 15 is 0 Å². The highest BCUT2D eigenvalue weighted by Crippen LogP contribution is 2.13. The summed E-state index contributed by atoms with van der Waals surface area (Å²) < 4.78 is 4.91. The summed E-state index contributed by atoms with van der Waals surface area (Å²) in [5.41, 5.74) is 10.1. The predicted molar refractivity (Wildman–Crippen MR) is 66.5 cm³/mol. The second-order valence-corrected chi connectivity index (χ2v) is 4.13. The second-order valence-electron chi connectivity index (χ2n) is 4.13. The van der Waals surface area contributed by atoms with Gasteiger partial charge in [0.25, 0.3) is 0 Å². The Balaban J connectivity index is 2.54. The van der Waals surface area contributed by atoms with Crippen LogP contribution < -0.4 is 16.8 Å². The summed E-state index contributed by atoms with van der Waals surface area (Å²) in [6.07, 6.45) is 0.520. The fourth-order valence-corrected chi connectivity index (χ4v) is 1.27. The van der Waals surface area contributed by atoms with Gasteiger partial charge in [-0.05, 0) is 6.92 Å². The van der Waals surface area contributed by atoms with E-state index in [1.54, 1.807) is 20.1 Å². The van der Waals surface area contributed by atoms with Gasteiger partial charge < -0.3 is 26.6 Å². The molecule has 7 nitrogen and oxygen atoms in total. The molecule has 0 aliphatic heterocycles. The minimum atomic E-state index is -0.884. The van der Waals surface area contributed by atoms with Gasteiger partial charge in [0.15, 0.2) is 0 Å². The van der Waals surface area contributed by atoms with Crippen molar-refractivity contribution in [1.82, 2.24) is 9.97 Å². The van der Waals surface area contributed by atoms with E-state index in [1.165, 1.54) is 0 Å². The summed E-state index contributed by atoms with van der Waals surface area (Å²) in [5.74, 6) is 0.883. The second kappa shape index (κ2) is 5.65. The predicted octanol–water partition coefficient (Wildman–Crippen LogP) is -0.160. The van der Waals surface area contributed by atoms with Gasteiger partial charge in [-0.2, -0.15) is 9.97 Å². The molecule has 1 unspecified atom stereocenters. The Morgan fingerprint density at radius 3 is 2.76 bits per heavy atom. The van der Waals surface area contributed by atoms with E-state index in [-0.39, 0.29) is 11.8 Å². The van der Waals surface area contributed by atoms with Crippen molar-refractivity contribution in [2.75, 3.05) is 37.0 Å². The summed E-state index contributed by atoms with van der Waals surface area (Å²) in [6.45, 7) is 2.53. The van der Waals surface area contributed by atoms with E-state index in [1.807, 2.05) is 0 Å². The fraction of sp³-hybridized carbons (Fsp3) is 0.600. The summed E-state index contributed by atoms with van der Waals surface area (Å²) in [4.78, 5) is 7.70. The van der Waals surface area contributed by atoms with Crippen LogP contribution in [0.5, 0.6) is 0 Å². The lowest BCUT2D eigenvalue weighted by atomic mass is 10.0. The summed E-state index contributed by atoms with van der Waals surface area (Å²) in [5, 5.41) is 13.0. The number of anilines is 3. The molecule has 1 heterocycles. The zero-order chi connectivity index (χ0) is 12.9. The molecule has 0 saturated carbocycles. The minimum Gasteiger partial charge on any atom is -0.388 e. The molecule has 6 N–H and O–H groups in total. The molecule has 1 aromatic heterocycles. The molecule has 17 heavy (non-hydrogen) atoms. The fourth-order valence-electron chi connectivity index (χ4n) is 1.27. The van der Waals surface area contributed by atoms with Crippen LogP contribution in [-0.4, -0.2) is 40.9 Å². The molecule has 0 radical (unpaired) electrons. The maximum atomic E-state index is 10.00. The Hall–Kier alpha value is -1.60. The highest BCUT2D eigenvalue weighted by Gasteiger charge is 2.19. The first-order valence-electron chi connectivity index (χ1n) is 5.28. The van der Waals surface area contributed by atoms with Gasteiger partial charge in [0.2, 0.25) is 5.95 Å². The summed E-state index contributed by atoms with van der Waals surface area (Å²) in [7, 11) is 1.59. The van der Waals surface area contributed by atoms with Crippen LogP contribution in [0.1, 0.15) is 13.3 Å². The average Bonchev–Trinajstić information content (AvgIpc) is 2.23. The SMILES string of the molecule is COCCC(C)(O)CNc1cc(N)nc(N)n1. The molecule has 0 spiro atoms. The van der Waals surface area contributed by atoms with Crippen LogP contribution >= 0.6 is 0 Å². The Labute approximate surface area is 100 Å². The Bertz CT molecular complexity index is 349. The van der Waals surface area contributed by atoms with Gasteiger partial charge >= 0.3 is 0 Å². The van der Waals surface area contributed by atoms with E-state index in [4.69, 9.17) is 16.2 Å². The third kappa shape index (κ3) is 4.83. The first-order valence-corrected chi connectivity index (χ1v) is 5.28. The zero-order valence-electron chi connectivity index (χ0n) is 10.1. The van der Waals surface area contributed by atoms with Crippen LogP contribution in [0.3, 0.4) is 0 Å². The zero-order valence-corrected chi connectivity index (χ0v) is 10.1. The van der Waals surface area contributed by atoms with Crippen molar-refractivity contribution >= 4 is 17.6 Å². The largest absolute Gasteiger partial charge is 0.388 e. The first-order chi connectivity index (χ1) is 7.93. The number of hydrogen-bond acceptors (Lipinski definition) is 7. The van der Waals surface area contributed by atoms with E-state index < -0.39 is 5.60 Å². The van der Waals surface area contributed by atoms with Gasteiger partial charge in [0, 0.05) is 32.7 Å². The third-order valence-electron chi connectivity index (χ3n) is 2.26. The molecular weight excluding hydrogens is 222 g/mol. The molecule has 0 aliphatic carbocycles. The van der Waals surface area contributed by atoms with Crippen molar-refractivity contribution < 1.29 is 9.84 Å². The number of nitrogens with zero attached hydrogens (tertiary/aromatic N) is 2. The van der Waals surface area contributed by atoms with E-state index in [0.717, 1.165) is 0 Å². The molecule has 0 bridgehead atoms. The number of nitrogens with two attached hydrogens (primary N) is 2. The number of aromatic nitrogens is 2. The summed E-state index contributed by atoms with van der Waals surface area (Å²) in [6, 6.07) is 1.56. The van der Waals surface area contributed by atoms with Crippen molar-refractivity contribution in [3.63, 3.8) is 0 Å². The summed E-state index contributed by atoms with van der Waals surface area (Å²) >= 11 is 0. The van der Waals surface area contributed by atoms with Crippen LogP contribution in [0.4, 0.5) is 17.6 Å². The van der Waals surface area contributed by atoms with E-state index in [9.17, 15) is 5.11 Å². The highest BCUT2D eigenvalue weighted by atomic mass is 16.5. The number of nitrogens with one attached hydrogen (secondary N) is 1. The van der Waals surface area contributed by atoms with Gasteiger partial charge in [0.1, 0.15) is 11.6 Å². The van der Waals surface area contributed by atoms with Gasteiger partial charge in [0.05, 0.1) is 5.60 Å². The molecule has 7 heteroatoms. The van der Waals surface area contributed by atoms with E-state index in [2.05, 4.69) is 15.3 Å². The van der Waals surface area contributed by atoms with Crippen LogP contribution in [0.2, 0.25) is 0 Å². The van der Waals surface area contributed by atoms with Crippen LogP contribution in [-0.2, 0) is 4.74 Å². The highest BCUT2D eigenvalue weighted by molar-refractivity contribution is 5.48. The minimum absolute atomic E-state index is 0.101. The van der Waals surface area contributed by atoms with Crippen LogP contribution in [0.25, 0.3) is 0 Å². The van der Waals surface area contributed by atoms with Gasteiger partial charge in [-0.3, -0.25) is 0 Å². The smallest absolute Gasteiger partial charge is 0.223 e. The average molecular weight is 241 g/mol. The maximum absolute atomic E-state index is 10.00. The van der Waals surface area contributed by atoms with E-state index in [0.29, 0.717) is 25.4 Å². The van der Waals surface area contributed by atoms with Crippen molar-refractivity contribution in [3.8, 4) is 0 Å². The number of nitrogen functional groups attached to an aromatic ring is 2. The lowest BCUT2D eigenvalue weighted by molar-refractivity contribution is 0.0357. The molecule has 0 aliphatic rings. The molecule has 1 atom stereocenters. The molecule has 0 aromatic carbocycles. The number of methoxy groups -OCH3 is 1. The monoisotopic (exact) mass is 241 g/mol. The number of aliphatic hydroxyl groups is 1.